The zero-order chi connectivity index (χ0) is 15.2. The molecule has 114 valence electrons. The van der Waals surface area contributed by atoms with Gasteiger partial charge in [-0.15, -0.1) is 0 Å². The summed E-state index contributed by atoms with van der Waals surface area (Å²) in [5.41, 5.74) is 1.19. The summed E-state index contributed by atoms with van der Waals surface area (Å²) in [6.07, 6.45) is 6.72. The summed E-state index contributed by atoms with van der Waals surface area (Å²) in [5.74, 6) is 1.09. The molecular weight excluding hydrogens is 305 g/mol. The predicted octanol–water partition coefficient (Wildman–Crippen LogP) is 3.88. The molecule has 21 heavy (non-hydrogen) atoms. The number of nitrogens with zero attached hydrogens (tertiary/aromatic N) is 2. The maximum atomic E-state index is 6.10. The van der Waals surface area contributed by atoms with Crippen molar-refractivity contribution in [3.8, 4) is 0 Å². The molecule has 1 unspecified atom stereocenters. The minimum absolute atomic E-state index is 0.336. The molecule has 1 heterocycles. The highest BCUT2D eigenvalue weighted by Gasteiger charge is 2.13. The lowest BCUT2D eigenvalue weighted by Crippen LogP contribution is -2.34. The summed E-state index contributed by atoms with van der Waals surface area (Å²) >= 11 is 12.1. The quantitative estimate of drug-likeness (QED) is 0.837. The monoisotopic (exact) mass is 325 g/mol. The Morgan fingerprint density at radius 3 is 2.67 bits per heavy atom. The van der Waals surface area contributed by atoms with E-state index in [0.717, 1.165) is 31.6 Å². The van der Waals surface area contributed by atoms with Crippen LogP contribution in [0.4, 0.5) is 0 Å². The number of hydrogen-bond acceptors (Lipinski definition) is 2. The summed E-state index contributed by atoms with van der Waals surface area (Å²) in [4.78, 5) is 4.41. The highest BCUT2D eigenvalue weighted by molar-refractivity contribution is 6.42. The maximum Gasteiger partial charge on any atom is 0.109 e. The van der Waals surface area contributed by atoms with Crippen LogP contribution in [0.15, 0.2) is 30.6 Å². The molecule has 1 aromatic heterocycles. The van der Waals surface area contributed by atoms with Gasteiger partial charge in [-0.05, 0) is 37.1 Å². The zero-order valence-electron chi connectivity index (χ0n) is 12.4. The van der Waals surface area contributed by atoms with E-state index in [-0.39, 0.29) is 0 Å². The lowest BCUT2D eigenvalue weighted by molar-refractivity contribution is 0.490. The Morgan fingerprint density at radius 2 is 2.05 bits per heavy atom. The SMILES string of the molecule is CCCNC(Cc1ccc(Cl)c(Cl)c1)Cc1nccn1C. The Bertz CT molecular complexity index is 581. The van der Waals surface area contributed by atoms with Crippen LogP contribution >= 0.6 is 23.2 Å². The van der Waals surface area contributed by atoms with E-state index in [2.05, 4.69) is 21.8 Å². The van der Waals surface area contributed by atoms with E-state index in [0.29, 0.717) is 16.1 Å². The highest BCUT2D eigenvalue weighted by Crippen LogP contribution is 2.23. The molecule has 1 N–H and O–H groups in total. The number of benzene rings is 1. The van der Waals surface area contributed by atoms with Crippen LogP contribution in [-0.2, 0) is 19.9 Å². The van der Waals surface area contributed by atoms with Crippen molar-refractivity contribution in [1.82, 2.24) is 14.9 Å². The first kappa shape index (κ1) is 16.3. The first-order chi connectivity index (χ1) is 10.1. The molecule has 0 fully saturated rings. The summed E-state index contributed by atoms with van der Waals surface area (Å²) in [6.45, 7) is 3.17. The van der Waals surface area contributed by atoms with Crippen molar-refractivity contribution in [1.29, 1.82) is 0 Å². The number of imidazole rings is 1. The molecule has 0 spiro atoms. The van der Waals surface area contributed by atoms with Gasteiger partial charge >= 0.3 is 0 Å². The van der Waals surface area contributed by atoms with E-state index in [9.17, 15) is 0 Å². The van der Waals surface area contributed by atoms with Gasteiger partial charge < -0.3 is 9.88 Å². The molecule has 1 atom stereocenters. The molecule has 0 aliphatic heterocycles. The molecular formula is C16H21Cl2N3. The maximum absolute atomic E-state index is 6.10. The molecule has 5 heteroatoms. The first-order valence-corrected chi connectivity index (χ1v) is 7.99. The molecule has 0 aliphatic rings. The van der Waals surface area contributed by atoms with Crippen molar-refractivity contribution >= 4 is 23.2 Å². The smallest absolute Gasteiger partial charge is 0.109 e. The fourth-order valence-corrected chi connectivity index (χ4v) is 2.65. The average molecular weight is 326 g/mol. The van der Waals surface area contributed by atoms with Gasteiger partial charge in [-0.1, -0.05) is 36.2 Å². The second kappa shape index (κ2) is 7.83. The Hall–Kier alpha value is -1.03. The van der Waals surface area contributed by atoms with Gasteiger partial charge in [0, 0.05) is 31.9 Å². The standard InChI is InChI=1S/C16H21Cl2N3/c1-3-6-19-13(11-16-20-7-8-21(16)2)9-12-4-5-14(17)15(18)10-12/h4-5,7-8,10,13,19H,3,6,9,11H2,1-2H3. The molecule has 0 radical (unpaired) electrons. The molecule has 3 nitrogen and oxygen atoms in total. The first-order valence-electron chi connectivity index (χ1n) is 7.23. The minimum atomic E-state index is 0.336. The van der Waals surface area contributed by atoms with E-state index in [1.807, 2.05) is 37.6 Å². The molecule has 0 saturated heterocycles. The van der Waals surface area contributed by atoms with Crippen LogP contribution in [-0.4, -0.2) is 22.1 Å². The van der Waals surface area contributed by atoms with E-state index < -0.39 is 0 Å². The van der Waals surface area contributed by atoms with Gasteiger partial charge in [-0.3, -0.25) is 0 Å². The largest absolute Gasteiger partial charge is 0.338 e. The molecule has 1 aromatic carbocycles. The fraction of sp³-hybridized carbons (Fsp3) is 0.438. The highest BCUT2D eigenvalue weighted by atomic mass is 35.5. The van der Waals surface area contributed by atoms with Crippen molar-refractivity contribution in [2.75, 3.05) is 6.54 Å². The van der Waals surface area contributed by atoms with Crippen molar-refractivity contribution < 1.29 is 0 Å². The predicted molar refractivity (Wildman–Crippen MR) is 89.2 cm³/mol. The van der Waals surface area contributed by atoms with Crippen molar-refractivity contribution in [3.63, 3.8) is 0 Å². The fourth-order valence-electron chi connectivity index (χ4n) is 2.33. The summed E-state index contributed by atoms with van der Waals surface area (Å²) in [7, 11) is 2.03. The molecule has 0 aliphatic carbocycles. The molecule has 0 bridgehead atoms. The Balaban J connectivity index is 2.08. The van der Waals surface area contributed by atoms with Crippen LogP contribution in [0.5, 0.6) is 0 Å². The third-order valence-electron chi connectivity index (χ3n) is 3.50. The van der Waals surface area contributed by atoms with Crippen LogP contribution in [0.1, 0.15) is 24.7 Å². The number of aryl methyl sites for hydroxylation is 1. The molecule has 0 saturated carbocycles. The van der Waals surface area contributed by atoms with Gasteiger partial charge in [-0.2, -0.15) is 0 Å². The lowest BCUT2D eigenvalue weighted by Gasteiger charge is -2.19. The second-order valence-corrected chi connectivity index (χ2v) is 6.08. The number of hydrogen-bond donors (Lipinski definition) is 1. The van der Waals surface area contributed by atoms with Gasteiger partial charge in [0.1, 0.15) is 5.82 Å². The van der Waals surface area contributed by atoms with Gasteiger partial charge in [0.05, 0.1) is 10.0 Å². The topological polar surface area (TPSA) is 29.9 Å². The van der Waals surface area contributed by atoms with E-state index in [1.165, 1.54) is 5.56 Å². The summed E-state index contributed by atoms with van der Waals surface area (Å²) in [6, 6.07) is 6.18. The van der Waals surface area contributed by atoms with Gasteiger partial charge in [0.15, 0.2) is 0 Å². The molecule has 2 aromatic rings. The third kappa shape index (κ3) is 4.73. The summed E-state index contributed by atoms with van der Waals surface area (Å²) < 4.78 is 2.06. The van der Waals surface area contributed by atoms with Gasteiger partial charge in [0.25, 0.3) is 0 Å². The van der Waals surface area contributed by atoms with Crippen LogP contribution in [0, 0.1) is 0 Å². The Labute approximate surface area is 136 Å². The lowest BCUT2D eigenvalue weighted by atomic mass is 10.0. The van der Waals surface area contributed by atoms with E-state index in [4.69, 9.17) is 23.2 Å². The number of halogens is 2. The van der Waals surface area contributed by atoms with Crippen molar-refractivity contribution in [2.45, 2.75) is 32.2 Å². The number of rotatable bonds is 7. The van der Waals surface area contributed by atoms with Gasteiger partial charge in [0.2, 0.25) is 0 Å². The van der Waals surface area contributed by atoms with Crippen LogP contribution in [0.25, 0.3) is 0 Å². The second-order valence-electron chi connectivity index (χ2n) is 5.26. The van der Waals surface area contributed by atoms with Crippen LogP contribution in [0.3, 0.4) is 0 Å². The zero-order valence-corrected chi connectivity index (χ0v) is 14.0. The van der Waals surface area contributed by atoms with Crippen molar-refractivity contribution in [2.24, 2.45) is 7.05 Å². The third-order valence-corrected chi connectivity index (χ3v) is 4.24. The number of aromatic nitrogens is 2. The van der Waals surface area contributed by atoms with E-state index in [1.54, 1.807) is 0 Å². The molecule has 0 amide bonds. The van der Waals surface area contributed by atoms with Crippen molar-refractivity contribution in [3.05, 3.63) is 52.0 Å². The molecule has 2 rings (SSSR count). The van der Waals surface area contributed by atoms with Crippen LogP contribution < -0.4 is 5.32 Å². The minimum Gasteiger partial charge on any atom is -0.338 e. The Kier molecular flexibility index (Phi) is 6.09. The van der Waals surface area contributed by atoms with Gasteiger partial charge in [-0.25, -0.2) is 4.98 Å². The van der Waals surface area contributed by atoms with Crippen LogP contribution in [0.2, 0.25) is 10.0 Å². The Morgan fingerprint density at radius 1 is 1.24 bits per heavy atom. The average Bonchev–Trinajstić information content (AvgIpc) is 2.85. The summed E-state index contributed by atoms with van der Waals surface area (Å²) in [5, 5.41) is 4.80. The normalized spacial score (nSPS) is 12.6. The number of nitrogens with one attached hydrogen (secondary N) is 1. The van der Waals surface area contributed by atoms with E-state index >= 15 is 0 Å².